The van der Waals surface area contributed by atoms with E-state index in [2.05, 4.69) is 0 Å². The number of benzene rings is 1. The Hall–Kier alpha value is -1.75. The van der Waals surface area contributed by atoms with Gasteiger partial charge in [-0.3, -0.25) is 0 Å². The fourth-order valence-corrected chi connectivity index (χ4v) is 1.86. The van der Waals surface area contributed by atoms with Crippen molar-refractivity contribution in [3.63, 3.8) is 0 Å². The molecule has 1 aromatic rings. The second-order valence-corrected chi connectivity index (χ2v) is 4.30. The molecule has 0 saturated carbocycles. The number of hydrogen-bond acceptors (Lipinski definition) is 5. The zero-order valence-corrected chi connectivity index (χ0v) is 11.9. The van der Waals surface area contributed by atoms with Crippen molar-refractivity contribution in [3.05, 3.63) is 17.7 Å². The molecule has 0 saturated heterocycles. The molecule has 106 valence electrons. The van der Waals surface area contributed by atoms with Gasteiger partial charge in [0.25, 0.3) is 0 Å². The first-order chi connectivity index (χ1) is 9.03. The van der Waals surface area contributed by atoms with Crippen LogP contribution >= 0.6 is 0 Å². The van der Waals surface area contributed by atoms with Gasteiger partial charge in [-0.15, -0.1) is 0 Å². The third-order valence-corrected chi connectivity index (χ3v) is 2.94. The van der Waals surface area contributed by atoms with Gasteiger partial charge in [0.1, 0.15) is 11.5 Å². The van der Waals surface area contributed by atoms with E-state index in [-0.39, 0.29) is 11.8 Å². The van der Waals surface area contributed by atoms with E-state index in [9.17, 15) is 4.79 Å². The maximum Gasteiger partial charge on any atom is 0.164 e. The van der Waals surface area contributed by atoms with Crippen LogP contribution in [0.3, 0.4) is 0 Å². The van der Waals surface area contributed by atoms with Crippen LogP contribution in [0.5, 0.6) is 17.2 Å². The second-order valence-electron chi connectivity index (χ2n) is 4.30. The standard InChI is InChI=1S/C14H21NO4/c1-9(16)5-6-11(15)10-7-13(18-3)14(19-4)8-12(10)17-2/h7-8,11H,5-6,15H2,1-4H3. The van der Waals surface area contributed by atoms with Gasteiger partial charge in [0, 0.05) is 24.1 Å². The van der Waals surface area contributed by atoms with Crippen molar-refractivity contribution in [2.45, 2.75) is 25.8 Å². The molecule has 5 nitrogen and oxygen atoms in total. The first-order valence-electron chi connectivity index (χ1n) is 6.08. The summed E-state index contributed by atoms with van der Waals surface area (Å²) in [6.45, 7) is 1.55. The van der Waals surface area contributed by atoms with Crippen LogP contribution in [-0.4, -0.2) is 27.1 Å². The number of nitrogens with two attached hydrogens (primary N) is 1. The van der Waals surface area contributed by atoms with Crippen LogP contribution in [0, 0.1) is 0 Å². The molecule has 2 N–H and O–H groups in total. The molecule has 0 aliphatic heterocycles. The molecule has 0 heterocycles. The SMILES string of the molecule is COc1cc(OC)c(C(N)CCC(C)=O)cc1OC. The molecule has 1 aromatic carbocycles. The van der Waals surface area contributed by atoms with Gasteiger partial charge in [-0.05, 0) is 19.4 Å². The number of ketones is 1. The molecule has 0 aliphatic rings. The van der Waals surface area contributed by atoms with E-state index >= 15 is 0 Å². The molecule has 1 unspecified atom stereocenters. The van der Waals surface area contributed by atoms with E-state index in [0.717, 1.165) is 5.56 Å². The predicted molar refractivity (Wildman–Crippen MR) is 72.9 cm³/mol. The van der Waals surface area contributed by atoms with E-state index < -0.39 is 0 Å². The molecule has 0 aromatic heterocycles. The van der Waals surface area contributed by atoms with E-state index in [1.807, 2.05) is 0 Å². The van der Waals surface area contributed by atoms with Crippen molar-refractivity contribution in [2.24, 2.45) is 5.73 Å². The maximum absolute atomic E-state index is 11.0. The van der Waals surface area contributed by atoms with Crippen LogP contribution in [0.1, 0.15) is 31.4 Å². The van der Waals surface area contributed by atoms with Gasteiger partial charge in [0.05, 0.1) is 21.3 Å². The summed E-state index contributed by atoms with van der Waals surface area (Å²) in [5.74, 6) is 1.93. The highest BCUT2D eigenvalue weighted by Crippen LogP contribution is 2.37. The molecular weight excluding hydrogens is 246 g/mol. The molecule has 0 bridgehead atoms. The smallest absolute Gasteiger partial charge is 0.164 e. The fourth-order valence-electron chi connectivity index (χ4n) is 1.86. The summed E-state index contributed by atoms with van der Waals surface area (Å²) < 4.78 is 15.8. The summed E-state index contributed by atoms with van der Waals surface area (Å²) in [5, 5.41) is 0. The predicted octanol–water partition coefficient (Wildman–Crippen LogP) is 2.08. The lowest BCUT2D eigenvalue weighted by Gasteiger charge is -2.18. The number of ether oxygens (including phenoxy) is 3. The van der Waals surface area contributed by atoms with Crippen molar-refractivity contribution < 1.29 is 19.0 Å². The minimum atomic E-state index is -0.279. The zero-order valence-electron chi connectivity index (χ0n) is 11.9. The Bertz CT molecular complexity index is 445. The molecular formula is C14H21NO4. The Labute approximate surface area is 113 Å². The highest BCUT2D eigenvalue weighted by atomic mass is 16.5. The average Bonchev–Trinajstić information content (AvgIpc) is 2.42. The van der Waals surface area contributed by atoms with E-state index in [4.69, 9.17) is 19.9 Å². The summed E-state index contributed by atoms with van der Waals surface area (Å²) in [5.41, 5.74) is 6.91. The summed E-state index contributed by atoms with van der Waals surface area (Å²) in [4.78, 5) is 11.0. The molecule has 0 aliphatic carbocycles. The average molecular weight is 267 g/mol. The highest BCUT2D eigenvalue weighted by Gasteiger charge is 2.17. The quantitative estimate of drug-likeness (QED) is 0.819. The van der Waals surface area contributed by atoms with Gasteiger partial charge in [-0.25, -0.2) is 0 Å². The topological polar surface area (TPSA) is 70.8 Å². The number of carbonyl (C=O) groups is 1. The lowest BCUT2D eigenvalue weighted by Crippen LogP contribution is -2.13. The zero-order chi connectivity index (χ0) is 14.4. The monoisotopic (exact) mass is 267 g/mol. The Morgan fingerprint density at radius 1 is 1.11 bits per heavy atom. The number of carbonyl (C=O) groups excluding carboxylic acids is 1. The summed E-state index contributed by atoms with van der Waals surface area (Å²) in [6.07, 6.45) is 1.01. The van der Waals surface area contributed by atoms with Gasteiger partial charge in [0.2, 0.25) is 0 Å². The Kier molecular flexibility index (Phi) is 5.63. The Morgan fingerprint density at radius 3 is 2.11 bits per heavy atom. The normalized spacial score (nSPS) is 11.8. The number of hydrogen-bond donors (Lipinski definition) is 1. The third-order valence-electron chi connectivity index (χ3n) is 2.94. The second kappa shape index (κ2) is 6.99. The first kappa shape index (κ1) is 15.3. The van der Waals surface area contributed by atoms with Crippen LogP contribution in [0.2, 0.25) is 0 Å². The summed E-state index contributed by atoms with van der Waals surface area (Å²) in [7, 11) is 4.70. The molecule has 19 heavy (non-hydrogen) atoms. The number of rotatable bonds is 7. The van der Waals surface area contributed by atoms with Gasteiger partial charge < -0.3 is 24.7 Å². The fraction of sp³-hybridized carbons (Fsp3) is 0.500. The summed E-state index contributed by atoms with van der Waals surface area (Å²) in [6, 6.07) is 3.25. The van der Waals surface area contributed by atoms with Gasteiger partial charge in [-0.1, -0.05) is 0 Å². The van der Waals surface area contributed by atoms with Gasteiger partial charge in [0.15, 0.2) is 11.5 Å². The van der Waals surface area contributed by atoms with Crippen molar-refractivity contribution >= 4 is 5.78 Å². The lowest BCUT2D eigenvalue weighted by molar-refractivity contribution is -0.117. The Morgan fingerprint density at radius 2 is 1.63 bits per heavy atom. The third kappa shape index (κ3) is 3.86. The van der Waals surface area contributed by atoms with Crippen LogP contribution in [0.4, 0.5) is 0 Å². The van der Waals surface area contributed by atoms with Crippen LogP contribution in [0.25, 0.3) is 0 Å². The minimum Gasteiger partial charge on any atom is -0.496 e. The molecule has 1 rings (SSSR count). The van der Waals surface area contributed by atoms with Gasteiger partial charge >= 0.3 is 0 Å². The van der Waals surface area contributed by atoms with E-state index in [0.29, 0.717) is 30.1 Å². The van der Waals surface area contributed by atoms with Crippen molar-refractivity contribution in [1.82, 2.24) is 0 Å². The first-order valence-corrected chi connectivity index (χ1v) is 6.08. The van der Waals surface area contributed by atoms with Crippen molar-refractivity contribution in [1.29, 1.82) is 0 Å². The van der Waals surface area contributed by atoms with Crippen molar-refractivity contribution in [3.8, 4) is 17.2 Å². The van der Waals surface area contributed by atoms with Crippen LogP contribution < -0.4 is 19.9 Å². The largest absolute Gasteiger partial charge is 0.496 e. The lowest BCUT2D eigenvalue weighted by atomic mass is 10.00. The molecule has 0 amide bonds. The molecule has 0 spiro atoms. The molecule has 5 heteroatoms. The number of Topliss-reactive ketones (excluding diaryl/α,β-unsaturated/α-hetero) is 1. The van der Waals surface area contributed by atoms with E-state index in [1.54, 1.807) is 40.4 Å². The number of methoxy groups -OCH3 is 3. The van der Waals surface area contributed by atoms with Gasteiger partial charge in [-0.2, -0.15) is 0 Å². The van der Waals surface area contributed by atoms with Crippen LogP contribution in [-0.2, 0) is 4.79 Å². The van der Waals surface area contributed by atoms with Crippen LogP contribution in [0.15, 0.2) is 12.1 Å². The van der Waals surface area contributed by atoms with Crippen molar-refractivity contribution in [2.75, 3.05) is 21.3 Å². The van der Waals surface area contributed by atoms with E-state index in [1.165, 1.54) is 0 Å². The summed E-state index contributed by atoms with van der Waals surface area (Å²) >= 11 is 0. The Balaban J connectivity index is 3.06. The maximum atomic E-state index is 11.0. The highest BCUT2D eigenvalue weighted by molar-refractivity contribution is 5.75. The minimum absolute atomic E-state index is 0.120. The molecule has 0 radical (unpaired) electrons. The molecule has 1 atom stereocenters. The molecule has 0 fully saturated rings.